The average molecular weight is 309 g/mol. The molecule has 0 aliphatic rings. The van der Waals surface area contributed by atoms with E-state index in [2.05, 4.69) is 9.71 Å². The molecular formula is C12H18ClFN2O2S. The summed E-state index contributed by atoms with van der Waals surface area (Å²) in [6, 6.07) is 0.950. The van der Waals surface area contributed by atoms with Crippen LogP contribution in [-0.4, -0.2) is 25.8 Å². The normalized spacial score (nSPS) is 13.4. The molecule has 1 unspecified atom stereocenters. The molecule has 0 saturated heterocycles. The third-order valence-corrected chi connectivity index (χ3v) is 4.38. The van der Waals surface area contributed by atoms with Gasteiger partial charge >= 0.3 is 0 Å². The van der Waals surface area contributed by atoms with E-state index < -0.39 is 15.8 Å². The second-order valence-electron chi connectivity index (χ2n) is 4.32. The Balaban J connectivity index is 2.69. The molecule has 0 fully saturated rings. The third kappa shape index (κ3) is 5.42. The van der Waals surface area contributed by atoms with E-state index in [9.17, 15) is 12.8 Å². The van der Waals surface area contributed by atoms with Crippen molar-refractivity contribution < 1.29 is 12.8 Å². The summed E-state index contributed by atoms with van der Waals surface area (Å²) < 4.78 is 39.3. The predicted molar refractivity (Wildman–Crippen MR) is 73.1 cm³/mol. The molecule has 0 amide bonds. The molecule has 7 heteroatoms. The van der Waals surface area contributed by atoms with Gasteiger partial charge in [0.1, 0.15) is 10.7 Å². The molecule has 0 aliphatic heterocycles. The van der Waals surface area contributed by atoms with Crippen LogP contribution in [0, 0.1) is 11.7 Å². The lowest BCUT2D eigenvalue weighted by Crippen LogP contribution is -2.29. The molecule has 0 radical (unpaired) electrons. The van der Waals surface area contributed by atoms with Crippen LogP contribution in [-0.2, 0) is 10.0 Å². The van der Waals surface area contributed by atoms with E-state index in [4.69, 9.17) is 11.6 Å². The van der Waals surface area contributed by atoms with Crippen molar-refractivity contribution in [1.29, 1.82) is 0 Å². The number of pyridine rings is 1. The molecule has 19 heavy (non-hydrogen) atoms. The number of hydrogen-bond donors (Lipinski definition) is 1. The lowest BCUT2D eigenvalue weighted by molar-refractivity contribution is 0.457. The highest BCUT2D eigenvalue weighted by atomic mass is 35.5. The second kappa shape index (κ2) is 7.77. The summed E-state index contributed by atoms with van der Waals surface area (Å²) in [5.41, 5.74) is 0. The molecular weight excluding hydrogens is 291 g/mol. The van der Waals surface area contributed by atoms with Gasteiger partial charge in [0, 0.05) is 18.6 Å². The zero-order valence-corrected chi connectivity index (χ0v) is 12.3. The van der Waals surface area contributed by atoms with Crippen LogP contribution in [0.25, 0.3) is 0 Å². The molecule has 0 aromatic carbocycles. The molecule has 0 bridgehead atoms. The molecule has 0 spiro atoms. The first kappa shape index (κ1) is 16.3. The van der Waals surface area contributed by atoms with Crippen molar-refractivity contribution in [2.45, 2.75) is 31.1 Å². The molecule has 1 aromatic heterocycles. The predicted octanol–water partition coefficient (Wildman–Crippen LogP) is 2.54. The highest BCUT2D eigenvalue weighted by Gasteiger charge is 2.17. The van der Waals surface area contributed by atoms with Gasteiger partial charge in [-0.2, -0.15) is 0 Å². The molecule has 108 valence electrons. The lowest BCUT2D eigenvalue weighted by Gasteiger charge is -2.15. The fourth-order valence-electron chi connectivity index (χ4n) is 1.76. The van der Waals surface area contributed by atoms with E-state index in [0.29, 0.717) is 12.4 Å². The Morgan fingerprint density at radius 1 is 1.42 bits per heavy atom. The van der Waals surface area contributed by atoms with Gasteiger partial charge < -0.3 is 0 Å². The van der Waals surface area contributed by atoms with Crippen LogP contribution in [0.3, 0.4) is 0 Å². The van der Waals surface area contributed by atoms with Crippen molar-refractivity contribution in [2.75, 3.05) is 12.4 Å². The van der Waals surface area contributed by atoms with Crippen LogP contribution in [0.15, 0.2) is 23.4 Å². The number of nitrogens with one attached hydrogen (secondary N) is 1. The fraction of sp³-hybridized carbons (Fsp3) is 0.583. The van der Waals surface area contributed by atoms with Crippen LogP contribution in [0.4, 0.5) is 4.39 Å². The van der Waals surface area contributed by atoms with Gasteiger partial charge in [0.05, 0.1) is 6.20 Å². The maximum absolute atomic E-state index is 13.0. The molecule has 1 aromatic rings. The molecule has 1 atom stereocenters. The van der Waals surface area contributed by atoms with Gasteiger partial charge in [-0.25, -0.2) is 17.5 Å². The number of aromatic nitrogens is 1. The number of hydrogen-bond acceptors (Lipinski definition) is 3. The largest absolute Gasteiger partial charge is 0.260 e. The summed E-state index contributed by atoms with van der Waals surface area (Å²) >= 11 is 5.68. The van der Waals surface area contributed by atoms with Gasteiger partial charge in [-0.15, -0.1) is 11.6 Å². The Kier molecular flexibility index (Phi) is 6.68. The monoisotopic (exact) mass is 308 g/mol. The van der Waals surface area contributed by atoms with Crippen molar-refractivity contribution in [3.63, 3.8) is 0 Å². The Labute approximate surface area is 118 Å². The molecule has 1 rings (SSSR count). The van der Waals surface area contributed by atoms with E-state index in [1.807, 2.05) is 6.92 Å². The van der Waals surface area contributed by atoms with E-state index >= 15 is 0 Å². The van der Waals surface area contributed by atoms with Crippen LogP contribution < -0.4 is 4.72 Å². The number of alkyl halides is 1. The standard InChI is InChI=1S/C12H18ClFN2O2S/c1-2-3-10(4-5-13)7-16-19(17,18)12-6-11(14)8-15-9-12/h6,8-10,16H,2-5,7H2,1H3. The van der Waals surface area contributed by atoms with Crippen molar-refractivity contribution in [3.8, 4) is 0 Å². The van der Waals surface area contributed by atoms with E-state index in [-0.39, 0.29) is 10.8 Å². The van der Waals surface area contributed by atoms with E-state index in [0.717, 1.165) is 37.7 Å². The molecule has 0 aliphatic carbocycles. The topological polar surface area (TPSA) is 59.1 Å². The first-order valence-corrected chi connectivity index (χ1v) is 8.17. The summed E-state index contributed by atoms with van der Waals surface area (Å²) in [6.07, 6.45) is 4.70. The quantitative estimate of drug-likeness (QED) is 0.751. The summed E-state index contributed by atoms with van der Waals surface area (Å²) in [5, 5.41) is 0. The average Bonchev–Trinajstić information content (AvgIpc) is 2.37. The van der Waals surface area contributed by atoms with Crippen LogP contribution in [0.1, 0.15) is 26.2 Å². The first-order chi connectivity index (χ1) is 8.99. The Morgan fingerprint density at radius 3 is 2.74 bits per heavy atom. The Hall–Kier alpha value is -0.720. The lowest BCUT2D eigenvalue weighted by atomic mass is 10.0. The SMILES string of the molecule is CCCC(CCCl)CNS(=O)(=O)c1cncc(F)c1. The van der Waals surface area contributed by atoms with Crippen LogP contribution in [0.2, 0.25) is 0 Å². The van der Waals surface area contributed by atoms with E-state index in [1.54, 1.807) is 0 Å². The number of rotatable bonds is 8. The first-order valence-electron chi connectivity index (χ1n) is 6.15. The van der Waals surface area contributed by atoms with Gasteiger partial charge in [0.2, 0.25) is 10.0 Å². The fourth-order valence-corrected chi connectivity index (χ4v) is 3.16. The van der Waals surface area contributed by atoms with Gasteiger partial charge in [-0.1, -0.05) is 13.3 Å². The maximum atomic E-state index is 13.0. The summed E-state index contributed by atoms with van der Waals surface area (Å²) in [5.74, 6) is 0.0148. The van der Waals surface area contributed by atoms with Crippen molar-refractivity contribution in [3.05, 3.63) is 24.3 Å². The van der Waals surface area contributed by atoms with Gasteiger partial charge in [-0.05, 0) is 24.8 Å². The van der Waals surface area contributed by atoms with Crippen molar-refractivity contribution in [2.24, 2.45) is 5.92 Å². The Bertz CT molecular complexity index is 490. The minimum absolute atomic E-state index is 0.159. The highest BCUT2D eigenvalue weighted by Crippen LogP contribution is 2.13. The number of nitrogens with zero attached hydrogens (tertiary/aromatic N) is 1. The van der Waals surface area contributed by atoms with Crippen molar-refractivity contribution in [1.82, 2.24) is 9.71 Å². The molecule has 1 heterocycles. The number of halogens is 2. The van der Waals surface area contributed by atoms with E-state index in [1.165, 1.54) is 0 Å². The van der Waals surface area contributed by atoms with Gasteiger partial charge in [0.15, 0.2) is 0 Å². The minimum Gasteiger partial charge on any atom is -0.260 e. The minimum atomic E-state index is -3.71. The van der Waals surface area contributed by atoms with Crippen LogP contribution >= 0.6 is 11.6 Å². The number of sulfonamides is 1. The highest BCUT2D eigenvalue weighted by molar-refractivity contribution is 7.89. The molecule has 4 nitrogen and oxygen atoms in total. The molecule has 1 N–H and O–H groups in total. The Morgan fingerprint density at radius 2 is 2.16 bits per heavy atom. The van der Waals surface area contributed by atoms with Crippen LogP contribution in [0.5, 0.6) is 0 Å². The second-order valence-corrected chi connectivity index (χ2v) is 6.47. The summed E-state index contributed by atoms with van der Waals surface area (Å²) in [4.78, 5) is 3.38. The summed E-state index contributed by atoms with van der Waals surface area (Å²) in [6.45, 7) is 2.34. The zero-order valence-electron chi connectivity index (χ0n) is 10.8. The smallest absolute Gasteiger partial charge is 0.242 e. The summed E-state index contributed by atoms with van der Waals surface area (Å²) in [7, 11) is -3.71. The third-order valence-electron chi connectivity index (χ3n) is 2.77. The molecule has 0 saturated carbocycles. The zero-order chi connectivity index (χ0) is 14.3. The van der Waals surface area contributed by atoms with Crippen molar-refractivity contribution >= 4 is 21.6 Å². The van der Waals surface area contributed by atoms with Gasteiger partial charge in [0.25, 0.3) is 0 Å². The maximum Gasteiger partial charge on any atom is 0.242 e. The van der Waals surface area contributed by atoms with Gasteiger partial charge in [-0.3, -0.25) is 4.98 Å².